The quantitative estimate of drug-likeness (QED) is 0.744. The Labute approximate surface area is 101 Å². The van der Waals surface area contributed by atoms with Crippen LogP contribution in [0.25, 0.3) is 0 Å². The highest BCUT2D eigenvalue weighted by molar-refractivity contribution is 6.06. The average Bonchev–Trinajstić information content (AvgIpc) is 2.19. The molecule has 18 heavy (non-hydrogen) atoms. The predicted octanol–water partition coefficient (Wildman–Crippen LogP) is 0.592. The van der Waals surface area contributed by atoms with Gasteiger partial charge in [-0.2, -0.15) is 13.2 Å². The summed E-state index contributed by atoms with van der Waals surface area (Å²) in [5.74, 6) is -2.25. The summed E-state index contributed by atoms with van der Waals surface area (Å²) in [7, 11) is 0. The van der Waals surface area contributed by atoms with Gasteiger partial charge in [0.05, 0.1) is 6.42 Å². The predicted molar refractivity (Wildman–Crippen MR) is 54.2 cm³/mol. The molecule has 0 atom stereocenters. The normalized spacial score (nSPS) is 19.7. The number of carbonyl (C=O) groups excluding carboxylic acids is 3. The van der Waals surface area contributed by atoms with Crippen molar-refractivity contribution in [3.8, 4) is 0 Å². The maximum absolute atomic E-state index is 12.0. The van der Waals surface area contributed by atoms with Gasteiger partial charge in [0.15, 0.2) is 0 Å². The number of rotatable bonds is 2. The third-order valence-corrected chi connectivity index (χ3v) is 2.71. The molecule has 0 aromatic rings. The second kappa shape index (κ2) is 4.58. The molecule has 8 heteroatoms. The summed E-state index contributed by atoms with van der Waals surface area (Å²) in [5, 5.41) is 2.03. The fraction of sp³-hybridized carbons (Fsp3) is 0.700. The Morgan fingerprint density at radius 3 is 2.44 bits per heavy atom. The fourth-order valence-electron chi connectivity index (χ4n) is 1.57. The summed E-state index contributed by atoms with van der Waals surface area (Å²) in [4.78, 5) is 35.1. The first-order valence-corrected chi connectivity index (χ1v) is 5.25. The zero-order chi connectivity index (χ0) is 14.1. The van der Waals surface area contributed by atoms with Crippen LogP contribution in [0.2, 0.25) is 0 Å². The lowest BCUT2D eigenvalue weighted by atomic mass is 9.98. The molecule has 1 saturated heterocycles. The Morgan fingerprint density at radius 2 is 1.94 bits per heavy atom. The van der Waals surface area contributed by atoms with Gasteiger partial charge < -0.3 is 4.90 Å². The van der Waals surface area contributed by atoms with Gasteiger partial charge in [-0.3, -0.25) is 19.7 Å². The molecule has 3 amide bonds. The number of amides is 3. The number of alkyl halides is 3. The largest absolute Gasteiger partial charge is 0.389 e. The van der Waals surface area contributed by atoms with Crippen LogP contribution >= 0.6 is 0 Å². The Kier molecular flexibility index (Phi) is 3.68. The van der Waals surface area contributed by atoms with Gasteiger partial charge in [-0.1, -0.05) is 0 Å². The molecule has 0 saturated carbocycles. The zero-order valence-electron chi connectivity index (χ0n) is 9.93. The van der Waals surface area contributed by atoms with Crippen LogP contribution in [-0.2, 0) is 14.4 Å². The Hall–Kier alpha value is -1.60. The van der Waals surface area contributed by atoms with E-state index < -0.39 is 48.8 Å². The summed E-state index contributed by atoms with van der Waals surface area (Å²) in [6.45, 7) is 2.34. The van der Waals surface area contributed by atoms with Crippen LogP contribution in [0, 0.1) is 0 Å². The minimum absolute atomic E-state index is 0.407. The van der Waals surface area contributed by atoms with Gasteiger partial charge in [-0.15, -0.1) is 0 Å². The van der Waals surface area contributed by atoms with Crippen molar-refractivity contribution >= 4 is 17.7 Å². The molecule has 1 rings (SSSR count). The highest BCUT2D eigenvalue weighted by Gasteiger charge is 2.43. The number of hydrogen-bond donors (Lipinski definition) is 1. The minimum Gasteiger partial charge on any atom is -0.319 e. The van der Waals surface area contributed by atoms with E-state index in [1.165, 1.54) is 13.8 Å². The monoisotopic (exact) mass is 266 g/mol. The molecule has 1 aliphatic heterocycles. The number of piperazine rings is 1. The van der Waals surface area contributed by atoms with E-state index >= 15 is 0 Å². The SMILES string of the molecule is CC1(C)C(=O)NC(=O)CN1C(=O)CCC(F)(F)F. The number of hydrogen-bond acceptors (Lipinski definition) is 3. The van der Waals surface area contributed by atoms with Gasteiger partial charge in [0.1, 0.15) is 12.1 Å². The molecular weight excluding hydrogens is 253 g/mol. The first kappa shape index (κ1) is 14.5. The van der Waals surface area contributed by atoms with E-state index in [0.29, 0.717) is 0 Å². The van der Waals surface area contributed by atoms with Crippen molar-refractivity contribution in [2.75, 3.05) is 6.54 Å². The molecule has 0 unspecified atom stereocenters. The van der Waals surface area contributed by atoms with Crippen LogP contribution in [0.15, 0.2) is 0 Å². The molecule has 5 nitrogen and oxygen atoms in total. The van der Waals surface area contributed by atoms with Gasteiger partial charge in [0.2, 0.25) is 11.8 Å². The van der Waals surface area contributed by atoms with Crippen LogP contribution in [-0.4, -0.2) is 40.9 Å². The summed E-state index contributed by atoms with van der Waals surface area (Å²) in [5.41, 5.74) is -1.32. The topological polar surface area (TPSA) is 66.5 Å². The molecule has 0 aromatic carbocycles. The van der Waals surface area contributed by atoms with E-state index in [0.717, 1.165) is 4.90 Å². The fourth-order valence-corrected chi connectivity index (χ4v) is 1.57. The number of nitrogens with zero attached hydrogens (tertiary/aromatic N) is 1. The van der Waals surface area contributed by atoms with Crippen LogP contribution in [0.4, 0.5) is 13.2 Å². The second-order valence-electron chi connectivity index (χ2n) is 4.53. The van der Waals surface area contributed by atoms with Crippen LogP contribution in [0.1, 0.15) is 26.7 Å². The minimum atomic E-state index is -4.44. The van der Waals surface area contributed by atoms with E-state index in [1.807, 2.05) is 5.32 Å². The number of imide groups is 1. The van der Waals surface area contributed by atoms with Crippen LogP contribution in [0.5, 0.6) is 0 Å². The molecule has 1 aliphatic rings. The molecule has 102 valence electrons. The molecule has 0 spiro atoms. The average molecular weight is 266 g/mol. The number of nitrogens with one attached hydrogen (secondary N) is 1. The first-order valence-electron chi connectivity index (χ1n) is 5.25. The van der Waals surface area contributed by atoms with Crippen molar-refractivity contribution < 1.29 is 27.6 Å². The lowest BCUT2D eigenvalue weighted by molar-refractivity contribution is -0.160. The van der Waals surface area contributed by atoms with Crippen LogP contribution < -0.4 is 5.32 Å². The molecule has 0 aliphatic carbocycles. The molecule has 0 radical (unpaired) electrons. The van der Waals surface area contributed by atoms with Gasteiger partial charge >= 0.3 is 6.18 Å². The molecular formula is C10H13F3N2O3. The van der Waals surface area contributed by atoms with Crippen molar-refractivity contribution in [3.05, 3.63) is 0 Å². The Balaban J connectivity index is 2.76. The summed E-state index contributed by atoms with van der Waals surface area (Å²) in [6, 6.07) is 0. The third-order valence-electron chi connectivity index (χ3n) is 2.71. The van der Waals surface area contributed by atoms with E-state index in [4.69, 9.17) is 0 Å². The highest BCUT2D eigenvalue weighted by Crippen LogP contribution is 2.24. The first-order chi connectivity index (χ1) is 8.04. The lowest BCUT2D eigenvalue weighted by Gasteiger charge is -2.40. The van der Waals surface area contributed by atoms with Crippen molar-refractivity contribution in [1.29, 1.82) is 0 Å². The van der Waals surface area contributed by atoms with Gasteiger partial charge in [-0.25, -0.2) is 0 Å². The molecule has 1 N–H and O–H groups in total. The third kappa shape index (κ3) is 3.21. The van der Waals surface area contributed by atoms with Crippen molar-refractivity contribution in [2.45, 2.75) is 38.4 Å². The molecule has 0 aromatic heterocycles. The van der Waals surface area contributed by atoms with Crippen molar-refractivity contribution in [1.82, 2.24) is 10.2 Å². The molecule has 0 bridgehead atoms. The van der Waals surface area contributed by atoms with Crippen LogP contribution in [0.3, 0.4) is 0 Å². The summed E-state index contributed by atoms with van der Waals surface area (Å²) in [6.07, 6.45) is -6.48. The maximum Gasteiger partial charge on any atom is 0.389 e. The summed E-state index contributed by atoms with van der Waals surface area (Å²) < 4.78 is 36.0. The molecule has 1 heterocycles. The molecule has 1 fully saturated rings. The summed E-state index contributed by atoms with van der Waals surface area (Å²) >= 11 is 0. The number of halogens is 3. The van der Waals surface area contributed by atoms with E-state index in [-0.39, 0.29) is 0 Å². The second-order valence-corrected chi connectivity index (χ2v) is 4.53. The van der Waals surface area contributed by atoms with E-state index in [2.05, 4.69) is 0 Å². The maximum atomic E-state index is 12.0. The van der Waals surface area contributed by atoms with E-state index in [1.54, 1.807) is 0 Å². The standard InChI is InChI=1S/C10H13F3N2O3/c1-9(2)8(18)14-6(16)5-15(9)7(17)3-4-10(11,12)13/h3-5H2,1-2H3,(H,14,16,18). The highest BCUT2D eigenvalue weighted by atomic mass is 19.4. The van der Waals surface area contributed by atoms with Crippen molar-refractivity contribution in [2.24, 2.45) is 0 Å². The zero-order valence-corrected chi connectivity index (χ0v) is 9.93. The van der Waals surface area contributed by atoms with Crippen molar-refractivity contribution in [3.63, 3.8) is 0 Å². The van der Waals surface area contributed by atoms with Gasteiger partial charge in [0, 0.05) is 6.42 Å². The Bertz CT molecular complexity index is 390. The smallest absolute Gasteiger partial charge is 0.319 e. The van der Waals surface area contributed by atoms with Gasteiger partial charge in [0.25, 0.3) is 5.91 Å². The Morgan fingerprint density at radius 1 is 1.39 bits per heavy atom. The number of carbonyl (C=O) groups is 3. The van der Waals surface area contributed by atoms with E-state index in [9.17, 15) is 27.6 Å². The van der Waals surface area contributed by atoms with Gasteiger partial charge in [-0.05, 0) is 13.8 Å². The lowest BCUT2D eigenvalue weighted by Crippen LogP contribution is -2.65.